The van der Waals surface area contributed by atoms with Crippen LogP contribution in [-0.4, -0.2) is 8.42 Å². The highest BCUT2D eigenvalue weighted by molar-refractivity contribution is 7.91. The van der Waals surface area contributed by atoms with E-state index in [0.29, 0.717) is 16.9 Å². The third-order valence-corrected chi connectivity index (χ3v) is 4.77. The van der Waals surface area contributed by atoms with Gasteiger partial charge in [0.15, 0.2) is 0 Å². The molecule has 0 aliphatic rings. The van der Waals surface area contributed by atoms with Gasteiger partial charge in [0.25, 0.3) is 0 Å². The second-order valence-corrected chi connectivity index (χ2v) is 6.53. The Morgan fingerprint density at radius 3 is 2.16 bits per heavy atom. The van der Waals surface area contributed by atoms with Crippen LogP contribution in [-0.2, 0) is 9.84 Å². The summed E-state index contributed by atoms with van der Waals surface area (Å²) in [6.45, 7) is 3.54. The molecule has 0 fully saturated rings. The van der Waals surface area contributed by atoms with E-state index >= 15 is 0 Å². The largest absolute Gasteiger partial charge is 0.399 e. The molecule has 2 rings (SSSR count). The fraction of sp³-hybridized carbons (Fsp3) is 0.143. The molecule has 19 heavy (non-hydrogen) atoms. The normalized spacial score (nSPS) is 11.5. The Morgan fingerprint density at radius 1 is 0.895 bits per heavy atom. The van der Waals surface area contributed by atoms with Gasteiger partial charge in [-0.15, -0.1) is 0 Å². The first-order valence-electron chi connectivity index (χ1n) is 5.79. The van der Waals surface area contributed by atoms with Crippen LogP contribution in [0.5, 0.6) is 0 Å². The van der Waals surface area contributed by atoms with Crippen molar-refractivity contribution >= 4 is 21.2 Å². The minimum atomic E-state index is -3.57. The van der Waals surface area contributed by atoms with Crippen molar-refractivity contribution in [3.63, 3.8) is 0 Å². The Balaban J connectivity index is 2.65. The molecule has 4 N–H and O–H groups in total. The van der Waals surface area contributed by atoms with Crippen LogP contribution in [0.2, 0.25) is 0 Å². The van der Waals surface area contributed by atoms with Crippen LogP contribution < -0.4 is 11.5 Å². The minimum absolute atomic E-state index is 0.206. The summed E-state index contributed by atoms with van der Waals surface area (Å²) in [5, 5.41) is 0. The number of aryl methyl sites for hydroxylation is 2. The lowest BCUT2D eigenvalue weighted by atomic mass is 10.2. The highest BCUT2D eigenvalue weighted by Gasteiger charge is 2.20. The Kier molecular flexibility index (Phi) is 3.24. The zero-order chi connectivity index (χ0) is 14.2. The molecular formula is C14H16N2O2S. The molecule has 0 aromatic heterocycles. The van der Waals surface area contributed by atoms with E-state index in [1.54, 1.807) is 31.2 Å². The molecule has 0 atom stereocenters. The number of sulfone groups is 1. The van der Waals surface area contributed by atoms with Crippen molar-refractivity contribution in [2.45, 2.75) is 23.6 Å². The van der Waals surface area contributed by atoms with Crippen molar-refractivity contribution in [1.82, 2.24) is 0 Å². The number of nitrogen functional groups attached to an aromatic ring is 2. The van der Waals surface area contributed by atoms with Gasteiger partial charge in [-0.2, -0.15) is 0 Å². The Bertz CT molecular complexity index is 717. The van der Waals surface area contributed by atoms with Crippen LogP contribution in [0.1, 0.15) is 11.1 Å². The third-order valence-electron chi connectivity index (χ3n) is 2.87. The molecule has 0 heterocycles. The van der Waals surface area contributed by atoms with E-state index in [1.807, 2.05) is 6.92 Å². The lowest BCUT2D eigenvalue weighted by molar-refractivity contribution is 0.595. The van der Waals surface area contributed by atoms with Gasteiger partial charge in [0.05, 0.1) is 9.79 Å². The van der Waals surface area contributed by atoms with E-state index in [9.17, 15) is 8.42 Å². The molecule has 2 aromatic rings. The molecular weight excluding hydrogens is 260 g/mol. The zero-order valence-corrected chi connectivity index (χ0v) is 11.7. The van der Waals surface area contributed by atoms with Crippen molar-refractivity contribution in [2.24, 2.45) is 0 Å². The summed E-state index contributed by atoms with van der Waals surface area (Å²) in [6, 6.07) is 9.57. The number of nitrogens with two attached hydrogens (primary N) is 2. The molecule has 4 nitrogen and oxygen atoms in total. The SMILES string of the molecule is Cc1cc(N)cc(S(=O)(=O)c2ccc(N)cc2C)c1. The molecule has 0 unspecified atom stereocenters. The summed E-state index contributed by atoms with van der Waals surface area (Å²) >= 11 is 0. The quantitative estimate of drug-likeness (QED) is 0.824. The molecule has 0 aliphatic carbocycles. The van der Waals surface area contributed by atoms with E-state index in [0.717, 1.165) is 5.56 Å². The molecule has 0 spiro atoms. The van der Waals surface area contributed by atoms with E-state index < -0.39 is 9.84 Å². The highest BCUT2D eigenvalue weighted by atomic mass is 32.2. The van der Waals surface area contributed by atoms with Gasteiger partial charge < -0.3 is 11.5 Å². The molecule has 0 radical (unpaired) electrons. The second kappa shape index (κ2) is 4.59. The lowest BCUT2D eigenvalue weighted by Crippen LogP contribution is -2.06. The van der Waals surface area contributed by atoms with Crippen molar-refractivity contribution in [1.29, 1.82) is 0 Å². The van der Waals surface area contributed by atoms with Gasteiger partial charge in [-0.1, -0.05) is 0 Å². The summed E-state index contributed by atoms with van der Waals surface area (Å²) in [6.07, 6.45) is 0. The molecule has 0 bridgehead atoms. The standard InChI is InChI=1S/C14H16N2O2S/c1-9-5-12(16)8-13(6-9)19(17,18)14-4-3-11(15)7-10(14)2/h3-8H,15-16H2,1-2H3. The average Bonchev–Trinajstić information content (AvgIpc) is 2.26. The van der Waals surface area contributed by atoms with Gasteiger partial charge in [-0.3, -0.25) is 0 Å². The predicted molar refractivity (Wildman–Crippen MR) is 76.6 cm³/mol. The van der Waals surface area contributed by atoms with E-state index in [2.05, 4.69) is 0 Å². The summed E-state index contributed by atoms with van der Waals surface area (Å²) in [4.78, 5) is 0.463. The zero-order valence-electron chi connectivity index (χ0n) is 10.8. The fourth-order valence-electron chi connectivity index (χ4n) is 2.03. The van der Waals surface area contributed by atoms with E-state index in [-0.39, 0.29) is 9.79 Å². The number of benzene rings is 2. The summed E-state index contributed by atoms with van der Waals surface area (Å²) < 4.78 is 25.1. The van der Waals surface area contributed by atoms with Gasteiger partial charge in [-0.05, 0) is 61.4 Å². The minimum Gasteiger partial charge on any atom is -0.399 e. The average molecular weight is 276 g/mol. The molecule has 0 saturated carbocycles. The van der Waals surface area contributed by atoms with Crippen molar-refractivity contribution in [3.8, 4) is 0 Å². The number of rotatable bonds is 2. The Morgan fingerprint density at radius 2 is 1.58 bits per heavy atom. The maximum atomic E-state index is 12.6. The first-order chi connectivity index (χ1) is 8.80. The topological polar surface area (TPSA) is 86.2 Å². The summed E-state index contributed by atoms with van der Waals surface area (Å²) in [5.74, 6) is 0. The van der Waals surface area contributed by atoms with Crippen molar-refractivity contribution in [3.05, 3.63) is 47.5 Å². The number of anilines is 2. The predicted octanol–water partition coefficient (Wildman–Crippen LogP) is 2.30. The van der Waals surface area contributed by atoms with Crippen LogP contribution in [0.25, 0.3) is 0 Å². The van der Waals surface area contributed by atoms with Crippen molar-refractivity contribution in [2.75, 3.05) is 11.5 Å². The van der Waals surface area contributed by atoms with Crippen LogP contribution in [0.15, 0.2) is 46.2 Å². The first kappa shape index (κ1) is 13.4. The molecule has 2 aromatic carbocycles. The molecule has 0 aliphatic heterocycles. The van der Waals surface area contributed by atoms with Crippen LogP contribution in [0, 0.1) is 13.8 Å². The van der Waals surface area contributed by atoms with Crippen LogP contribution in [0.3, 0.4) is 0 Å². The maximum absolute atomic E-state index is 12.6. The van der Waals surface area contributed by atoms with E-state index in [4.69, 9.17) is 11.5 Å². The maximum Gasteiger partial charge on any atom is 0.206 e. The highest BCUT2D eigenvalue weighted by Crippen LogP contribution is 2.27. The molecule has 5 heteroatoms. The van der Waals surface area contributed by atoms with Gasteiger partial charge in [-0.25, -0.2) is 8.42 Å². The number of hydrogen-bond acceptors (Lipinski definition) is 4. The van der Waals surface area contributed by atoms with Gasteiger partial charge in [0.2, 0.25) is 9.84 Å². The van der Waals surface area contributed by atoms with Crippen LogP contribution >= 0.6 is 0 Å². The van der Waals surface area contributed by atoms with Gasteiger partial charge in [0.1, 0.15) is 0 Å². The first-order valence-corrected chi connectivity index (χ1v) is 7.27. The third kappa shape index (κ3) is 2.56. The summed E-state index contributed by atoms with van der Waals surface area (Å²) in [7, 11) is -3.57. The molecule has 0 saturated heterocycles. The van der Waals surface area contributed by atoms with Gasteiger partial charge in [0, 0.05) is 11.4 Å². The Hall–Kier alpha value is -2.01. The van der Waals surface area contributed by atoms with Gasteiger partial charge >= 0.3 is 0 Å². The smallest absolute Gasteiger partial charge is 0.206 e. The Labute approximate surface area is 113 Å². The fourth-order valence-corrected chi connectivity index (χ4v) is 3.65. The number of hydrogen-bond donors (Lipinski definition) is 2. The lowest BCUT2D eigenvalue weighted by Gasteiger charge is -2.10. The van der Waals surface area contributed by atoms with Crippen LogP contribution in [0.4, 0.5) is 11.4 Å². The van der Waals surface area contributed by atoms with Crippen molar-refractivity contribution < 1.29 is 8.42 Å². The van der Waals surface area contributed by atoms with E-state index in [1.165, 1.54) is 12.1 Å². The molecule has 0 amide bonds. The second-order valence-electron chi connectivity index (χ2n) is 4.61. The molecule has 100 valence electrons. The summed E-state index contributed by atoms with van der Waals surface area (Å²) in [5.41, 5.74) is 13.8. The monoisotopic (exact) mass is 276 g/mol.